The Hall–Kier alpha value is -5.11. The lowest BCUT2D eigenvalue weighted by Gasteiger charge is -2.24. The molecular formula is C43H54ClN7O5S. The van der Waals surface area contributed by atoms with E-state index < -0.39 is 39.6 Å². The van der Waals surface area contributed by atoms with Gasteiger partial charge < -0.3 is 25.4 Å². The molecule has 5 rings (SSSR count). The third-order valence-corrected chi connectivity index (χ3v) is 10.9. The van der Waals surface area contributed by atoms with Gasteiger partial charge >= 0.3 is 6.09 Å². The molecule has 0 aliphatic heterocycles. The molecule has 3 aromatic carbocycles. The first-order valence-corrected chi connectivity index (χ1v) is 22.1. The van der Waals surface area contributed by atoms with E-state index in [-0.39, 0.29) is 13.0 Å². The number of aromatic nitrogens is 4. The van der Waals surface area contributed by atoms with Crippen LogP contribution in [0.2, 0.25) is 5.02 Å². The van der Waals surface area contributed by atoms with Gasteiger partial charge in [0.15, 0.2) is 0 Å². The van der Waals surface area contributed by atoms with Crippen LogP contribution in [0.4, 0.5) is 10.5 Å². The summed E-state index contributed by atoms with van der Waals surface area (Å²) >= 11 is 6.75. The minimum atomic E-state index is -0.994. The number of rotatable bonds is 15. The van der Waals surface area contributed by atoms with Gasteiger partial charge in [-0.1, -0.05) is 48.0 Å². The number of anilines is 1. The molecule has 304 valence electrons. The van der Waals surface area contributed by atoms with Crippen LogP contribution in [-0.4, -0.2) is 80.2 Å². The zero-order valence-corrected chi connectivity index (χ0v) is 35.8. The second-order valence-electron chi connectivity index (χ2n) is 15.9. The zero-order valence-electron chi connectivity index (χ0n) is 34.2. The van der Waals surface area contributed by atoms with Gasteiger partial charge in [-0.25, -0.2) is 19.5 Å². The summed E-state index contributed by atoms with van der Waals surface area (Å²) in [6.07, 6.45) is 7.96. The fraction of sp³-hybridized carbons (Fsp3) is 0.372. The van der Waals surface area contributed by atoms with E-state index in [0.717, 1.165) is 45.0 Å². The Balaban J connectivity index is 1.33. The summed E-state index contributed by atoms with van der Waals surface area (Å²) in [5.74, 6) is 0.172. The third-order valence-electron chi connectivity index (χ3n) is 9.12. The molecule has 0 unspecified atom stereocenters. The quantitative estimate of drug-likeness (QED) is 0.0913. The molecule has 2 aromatic heterocycles. The van der Waals surface area contributed by atoms with Crippen molar-refractivity contribution in [2.24, 2.45) is 7.05 Å². The molecule has 3 N–H and O–H groups in total. The number of benzene rings is 3. The summed E-state index contributed by atoms with van der Waals surface area (Å²) in [4.78, 5) is 39.7. The van der Waals surface area contributed by atoms with Gasteiger partial charge in [0.25, 0.3) is 5.91 Å². The van der Waals surface area contributed by atoms with Gasteiger partial charge in [0.2, 0.25) is 5.91 Å². The van der Waals surface area contributed by atoms with E-state index in [9.17, 15) is 14.4 Å². The first-order chi connectivity index (χ1) is 26.9. The second kappa shape index (κ2) is 18.4. The van der Waals surface area contributed by atoms with E-state index in [2.05, 4.69) is 39.8 Å². The van der Waals surface area contributed by atoms with Gasteiger partial charge in [-0.15, -0.1) is 0 Å². The number of carbonyl (C=O) groups excluding carboxylic acids is 3. The van der Waals surface area contributed by atoms with Gasteiger partial charge in [0.1, 0.15) is 24.1 Å². The fourth-order valence-corrected chi connectivity index (χ4v) is 6.98. The predicted molar refractivity (Wildman–Crippen MR) is 230 cm³/mol. The molecule has 0 bridgehead atoms. The van der Waals surface area contributed by atoms with Crippen LogP contribution in [-0.2, 0) is 41.0 Å². The van der Waals surface area contributed by atoms with Crippen molar-refractivity contribution < 1.29 is 23.9 Å². The molecule has 3 amide bonds. The molecule has 5 aromatic rings. The number of hydrogen-bond acceptors (Lipinski definition) is 7. The zero-order chi connectivity index (χ0) is 41.5. The van der Waals surface area contributed by atoms with Crippen molar-refractivity contribution in [1.82, 2.24) is 30.2 Å². The van der Waals surface area contributed by atoms with Crippen LogP contribution < -0.4 is 16.0 Å². The smallest absolute Gasteiger partial charge is 0.407 e. The molecule has 0 saturated carbocycles. The number of alkyl carbamates (subject to hydrolysis) is 1. The van der Waals surface area contributed by atoms with E-state index in [4.69, 9.17) is 26.2 Å². The lowest BCUT2D eigenvalue weighted by atomic mass is 9.97. The number of amides is 3. The van der Waals surface area contributed by atoms with Crippen molar-refractivity contribution in [3.05, 3.63) is 112 Å². The van der Waals surface area contributed by atoms with E-state index in [1.54, 1.807) is 19.2 Å². The van der Waals surface area contributed by atoms with Crippen LogP contribution in [0.5, 0.6) is 0 Å². The molecule has 0 fully saturated rings. The maximum absolute atomic E-state index is 14.0. The van der Waals surface area contributed by atoms with Crippen LogP contribution in [0.25, 0.3) is 22.3 Å². The van der Waals surface area contributed by atoms with Gasteiger partial charge in [-0.3, -0.25) is 14.3 Å². The van der Waals surface area contributed by atoms with Crippen molar-refractivity contribution in [3.63, 3.8) is 0 Å². The van der Waals surface area contributed by atoms with E-state index >= 15 is 0 Å². The number of halogens is 1. The van der Waals surface area contributed by atoms with Crippen molar-refractivity contribution in [2.75, 3.05) is 36.4 Å². The topological polar surface area (TPSA) is 141 Å². The van der Waals surface area contributed by atoms with E-state index in [0.29, 0.717) is 35.3 Å². The number of hydrogen-bond donors (Lipinski definition) is 3. The molecule has 0 aliphatic carbocycles. The van der Waals surface area contributed by atoms with E-state index in [1.807, 2.05) is 100.0 Å². The molecule has 1 atom stereocenters. The highest BCUT2D eigenvalue weighted by molar-refractivity contribution is 8.32. The summed E-state index contributed by atoms with van der Waals surface area (Å²) in [6, 6.07) is 21.5. The molecule has 0 aliphatic rings. The number of nitrogens with zero attached hydrogens (tertiary/aromatic N) is 4. The van der Waals surface area contributed by atoms with Crippen LogP contribution >= 0.6 is 21.6 Å². The molecule has 0 radical (unpaired) electrons. The van der Waals surface area contributed by atoms with Gasteiger partial charge in [0.05, 0.1) is 12.3 Å². The van der Waals surface area contributed by atoms with Crippen LogP contribution in [0, 0.1) is 13.8 Å². The van der Waals surface area contributed by atoms with Crippen LogP contribution in [0.1, 0.15) is 53.8 Å². The summed E-state index contributed by atoms with van der Waals surface area (Å²) in [6.45, 7) is 10.8. The molecule has 57 heavy (non-hydrogen) atoms. The SMILES string of the molecule is Cc1nn(COCCS(C)(C)C)c(C)c1-c1ccc(NC(=O)[C@H](Cc2cc(-c3cccc(CNC(=O)OC(C)(C)C)c3)ccc2Cl)NC(=O)c2ccnn2C)cc1. The van der Waals surface area contributed by atoms with Crippen molar-refractivity contribution in [2.45, 2.75) is 66.0 Å². The second-order valence-corrected chi connectivity index (χ2v) is 20.9. The molecule has 0 saturated heterocycles. The summed E-state index contributed by atoms with van der Waals surface area (Å²) in [5.41, 5.74) is 7.41. The first-order valence-electron chi connectivity index (χ1n) is 18.7. The highest BCUT2D eigenvalue weighted by Crippen LogP contribution is 2.34. The summed E-state index contributed by atoms with van der Waals surface area (Å²) in [7, 11) is 1.03. The van der Waals surface area contributed by atoms with Gasteiger partial charge in [-0.05, 0) is 118 Å². The van der Waals surface area contributed by atoms with Crippen LogP contribution in [0.3, 0.4) is 0 Å². The number of carbonyl (C=O) groups is 3. The number of nitrogens with one attached hydrogen (secondary N) is 3. The fourth-order valence-electron chi connectivity index (χ4n) is 6.17. The molecule has 2 heterocycles. The Labute approximate surface area is 342 Å². The molecule has 0 spiro atoms. The normalized spacial score (nSPS) is 12.5. The molecular weight excluding hydrogens is 762 g/mol. The van der Waals surface area contributed by atoms with Gasteiger partial charge in [-0.2, -0.15) is 10.2 Å². The lowest BCUT2D eigenvalue weighted by Crippen LogP contribution is -2.45. The Morgan fingerprint density at radius 3 is 2.30 bits per heavy atom. The predicted octanol–water partition coefficient (Wildman–Crippen LogP) is 7.89. The van der Waals surface area contributed by atoms with Crippen LogP contribution in [0.15, 0.2) is 79.0 Å². The first kappa shape index (κ1) is 43.0. The third kappa shape index (κ3) is 12.2. The average Bonchev–Trinajstić information content (AvgIpc) is 3.70. The van der Waals surface area contributed by atoms with Crippen molar-refractivity contribution >= 4 is 45.2 Å². The number of ether oxygens (including phenoxy) is 2. The standard InChI is InChI=1S/C43H54ClN7O5S/c1-28-39(29(2)51(49-28)27-55-21-22-57(7,8)9)31-13-16-35(17-14-31)47-40(52)37(48-41(53)38-19-20-46-50(38)6)25-34-24-33(15-18-36(34)44)32-12-10-11-30(23-32)26-45-42(54)56-43(3,4)5/h10-20,23-24,37H,21-22,25-27H2,1-9H3,(H,45,54)(H,47,52)(H,48,53)/t37-/m0/s1. The number of aryl methyl sites for hydroxylation is 2. The summed E-state index contributed by atoms with van der Waals surface area (Å²) in [5, 5.41) is 18.0. The van der Waals surface area contributed by atoms with Crippen molar-refractivity contribution in [1.29, 1.82) is 0 Å². The molecule has 14 heteroatoms. The largest absolute Gasteiger partial charge is 0.444 e. The monoisotopic (exact) mass is 815 g/mol. The lowest BCUT2D eigenvalue weighted by molar-refractivity contribution is -0.118. The van der Waals surface area contributed by atoms with Gasteiger partial charge in [0, 0.05) is 53.9 Å². The highest BCUT2D eigenvalue weighted by atomic mass is 35.5. The van der Waals surface area contributed by atoms with Crippen molar-refractivity contribution in [3.8, 4) is 22.3 Å². The highest BCUT2D eigenvalue weighted by Gasteiger charge is 2.25. The maximum atomic E-state index is 14.0. The molecule has 12 nitrogen and oxygen atoms in total. The van der Waals surface area contributed by atoms with E-state index in [1.165, 1.54) is 10.9 Å². The minimum absolute atomic E-state index is 0.108. The minimum Gasteiger partial charge on any atom is -0.444 e. The summed E-state index contributed by atoms with van der Waals surface area (Å²) < 4.78 is 14.7. The Kier molecular flexibility index (Phi) is 13.9. The Morgan fingerprint density at radius 2 is 1.63 bits per heavy atom. The Bertz CT molecular complexity index is 2200. The average molecular weight is 816 g/mol. The Morgan fingerprint density at radius 1 is 0.930 bits per heavy atom. The maximum Gasteiger partial charge on any atom is 0.407 e.